The van der Waals surface area contributed by atoms with E-state index in [9.17, 15) is 14.0 Å². The van der Waals surface area contributed by atoms with E-state index >= 15 is 0 Å². The van der Waals surface area contributed by atoms with E-state index in [1.807, 2.05) is 19.9 Å². The van der Waals surface area contributed by atoms with Gasteiger partial charge in [0.1, 0.15) is 5.82 Å². The van der Waals surface area contributed by atoms with Crippen LogP contribution in [0.5, 0.6) is 0 Å². The summed E-state index contributed by atoms with van der Waals surface area (Å²) >= 11 is 0. The second kappa shape index (κ2) is 6.85. The van der Waals surface area contributed by atoms with Crippen LogP contribution >= 0.6 is 0 Å². The molecule has 0 fully saturated rings. The Morgan fingerprint density at radius 1 is 1.27 bits per heavy atom. The Morgan fingerprint density at radius 2 is 1.95 bits per heavy atom. The Morgan fingerprint density at radius 3 is 2.59 bits per heavy atom. The lowest BCUT2D eigenvalue weighted by Crippen LogP contribution is -2.26. The molecule has 0 atom stereocenters. The fourth-order valence-electron chi connectivity index (χ4n) is 2.08. The van der Waals surface area contributed by atoms with Crippen LogP contribution in [0, 0.1) is 19.7 Å². The number of hydrogen-bond donors (Lipinski definition) is 2. The van der Waals surface area contributed by atoms with Crippen LogP contribution in [-0.2, 0) is 11.3 Å². The molecule has 1 aromatic heterocycles. The number of aryl methyl sites for hydroxylation is 2. The van der Waals surface area contributed by atoms with Crippen molar-refractivity contribution in [1.82, 2.24) is 10.3 Å². The number of hydrogen-bond acceptors (Lipinski definition) is 2. The zero-order valence-electron chi connectivity index (χ0n) is 12.4. The molecule has 0 saturated carbocycles. The van der Waals surface area contributed by atoms with Gasteiger partial charge >= 0.3 is 0 Å². The lowest BCUT2D eigenvalue weighted by Gasteiger charge is -2.06. The molecule has 0 aliphatic carbocycles. The maximum Gasteiger partial charge on any atom is 0.253 e. The molecule has 22 heavy (non-hydrogen) atoms. The standard InChI is InChI=1S/C17H17FN2O2/c1-11-9-12(2)20-17(22)15(11)10-19-16(21)8-5-13-3-6-14(18)7-4-13/h3-9H,10H2,1-2H3,(H,19,21)(H,20,22)/b8-5+. The minimum Gasteiger partial charge on any atom is -0.348 e. The van der Waals surface area contributed by atoms with Gasteiger partial charge in [0, 0.05) is 23.9 Å². The van der Waals surface area contributed by atoms with Gasteiger partial charge in [-0.25, -0.2) is 4.39 Å². The Balaban J connectivity index is 1.99. The Kier molecular flexibility index (Phi) is 4.88. The minimum atomic E-state index is -0.323. The largest absolute Gasteiger partial charge is 0.348 e. The first-order valence-electron chi connectivity index (χ1n) is 6.86. The molecule has 114 valence electrons. The number of amides is 1. The Bertz CT molecular complexity index is 761. The average Bonchev–Trinajstić information content (AvgIpc) is 2.45. The van der Waals surface area contributed by atoms with Gasteiger partial charge in [-0.3, -0.25) is 9.59 Å². The number of H-pyrrole nitrogens is 1. The zero-order chi connectivity index (χ0) is 16.1. The van der Waals surface area contributed by atoms with E-state index < -0.39 is 0 Å². The van der Waals surface area contributed by atoms with E-state index in [1.165, 1.54) is 18.2 Å². The average molecular weight is 300 g/mol. The topological polar surface area (TPSA) is 62.0 Å². The highest BCUT2D eigenvalue weighted by Crippen LogP contribution is 2.05. The Labute approximate surface area is 127 Å². The maximum atomic E-state index is 12.8. The van der Waals surface area contributed by atoms with Crippen molar-refractivity contribution in [1.29, 1.82) is 0 Å². The van der Waals surface area contributed by atoms with E-state index in [2.05, 4.69) is 10.3 Å². The lowest BCUT2D eigenvalue weighted by molar-refractivity contribution is -0.116. The molecule has 0 aliphatic heterocycles. The van der Waals surface area contributed by atoms with Gasteiger partial charge in [0.05, 0.1) is 0 Å². The van der Waals surface area contributed by atoms with Gasteiger partial charge in [0.15, 0.2) is 0 Å². The van der Waals surface area contributed by atoms with Crippen molar-refractivity contribution in [2.75, 3.05) is 0 Å². The number of carbonyl (C=O) groups is 1. The summed E-state index contributed by atoms with van der Waals surface area (Å²) in [6.07, 6.45) is 2.94. The van der Waals surface area contributed by atoms with Gasteiger partial charge in [-0.2, -0.15) is 0 Å². The molecule has 0 spiro atoms. The number of nitrogens with one attached hydrogen (secondary N) is 2. The molecule has 0 saturated heterocycles. The predicted octanol–water partition coefficient (Wildman–Crippen LogP) is 2.46. The molecule has 0 aliphatic rings. The summed E-state index contributed by atoms with van der Waals surface area (Å²) in [6.45, 7) is 3.80. The first kappa shape index (κ1) is 15.7. The highest BCUT2D eigenvalue weighted by molar-refractivity contribution is 5.91. The van der Waals surface area contributed by atoms with Gasteiger partial charge in [-0.15, -0.1) is 0 Å². The summed E-state index contributed by atoms with van der Waals surface area (Å²) in [7, 11) is 0. The summed E-state index contributed by atoms with van der Waals surface area (Å²) in [5.74, 6) is -0.639. The van der Waals surface area contributed by atoms with Crippen LogP contribution in [0.15, 0.2) is 41.2 Å². The summed E-state index contributed by atoms with van der Waals surface area (Å²) in [5, 5.41) is 2.66. The number of aromatic amines is 1. The number of halogens is 1. The molecular formula is C17H17FN2O2. The summed E-state index contributed by atoms with van der Waals surface area (Å²) < 4.78 is 12.8. The van der Waals surface area contributed by atoms with Crippen LogP contribution in [-0.4, -0.2) is 10.9 Å². The molecule has 1 amide bonds. The van der Waals surface area contributed by atoms with Gasteiger partial charge < -0.3 is 10.3 Å². The maximum absolute atomic E-state index is 12.8. The highest BCUT2D eigenvalue weighted by atomic mass is 19.1. The van der Waals surface area contributed by atoms with Crippen molar-refractivity contribution in [2.24, 2.45) is 0 Å². The third-order valence-corrected chi connectivity index (χ3v) is 3.23. The van der Waals surface area contributed by atoms with Crippen molar-refractivity contribution in [3.05, 3.63) is 75.0 Å². The molecule has 1 aromatic carbocycles. The molecular weight excluding hydrogens is 283 g/mol. The van der Waals surface area contributed by atoms with E-state index in [0.717, 1.165) is 16.8 Å². The van der Waals surface area contributed by atoms with E-state index in [-0.39, 0.29) is 23.8 Å². The van der Waals surface area contributed by atoms with Crippen LogP contribution in [0.1, 0.15) is 22.4 Å². The molecule has 0 radical (unpaired) electrons. The predicted molar refractivity (Wildman–Crippen MR) is 83.8 cm³/mol. The van der Waals surface area contributed by atoms with Crippen molar-refractivity contribution >= 4 is 12.0 Å². The molecule has 2 aromatic rings. The van der Waals surface area contributed by atoms with Crippen LogP contribution in [0.2, 0.25) is 0 Å². The smallest absolute Gasteiger partial charge is 0.253 e. The molecule has 0 unspecified atom stereocenters. The quantitative estimate of drug-likeness (QED) is 0.852. The van der Waals surface area contributed by atoms with Crippen molar-refractivity contribution in [2.45, 2.75) is 20.4 Å². The summed E-state index contributed by atoms with van der Waals surface area (Å²) in [5.41, 5.74) is 2.69. The van der Waals surface area contributed by atoms with Gasteiger partial charge in [-0.05, 0) is 49.2 Å². The number of benzene rings is 1. The molecule has 4 nitrogen and oxygen atoms in total. The van der Waals surface area contributed by atoms with Crippen molar-refractivity contribution < 1.29 is 9.18 Å². The fraction of sp³-hybridized carbons (Fsp3) is 0.176. The van der Waals surface area contributed by atoms with Gasteiger partial charge in [-0.1, -0.05) is 12.1 Å². The van der Waals surface area contributed by atoms with Crippen molar-refractivity contribution in [3.8, 4) is 0 Å². The van der Waals surface area contributed by atoms with Crippen LogP contribution in [0.3, 0.4) is 0 Å². The van der Waals surface area contributed by atoms with Crippen LogP contribution in [0.4, 0.5) is 4.39 Å². The zero-order valence-corrected chi connectivity index (χ0v) is 12.4. The monoisotopic (exact) mass is 300 g/mol. The molecule has 0 bridgehead atoms. The highest BCUT2D eigenvalue weighted by Gasteiger charge is 2.06. The van der Waals surface area contributed by atoms with E-state index in [1.54, 1.807) is 18.2 Å². The fourth-order valence-corrected chi connectivity index (χ4v) is 2.08. The SMILES string of the molecule is Cc1cc(C)c(CNC(=O)/C=C/c2ccc(F)cc2)c(=O)[nH]1. The lowest BCUT2D eigenvalue weighted by atomic mass is 10.1. The van der Waals surface area contributed by atoms with Gasteiger partial charge in [0.25, 0.3) is 5.56 Å². The number of aromatic nitrogens is 1. The van der Waals surface area contributed by atoms with E-state index in [0.29, 0.717) is 5.56 Å². The first-order chi connectivity index (χ1) is 10.5. The molecule has 2 N–H and O–H groups in total. The Hall–Kier alpha value is -2.69. The number of rotatable bonds is 4. The second-order valence-electron chi connectivity index (χ2n) is 5.05. The van der Waals surface area contributed by atoms with Crippen molar-refractivity contribution in [3.63, 3.8) is 0 Å². The summed E-state index contributed by atoms with van der Waals surface area (Å²) in [6, 6.07) is 7.67. The molecule has 1 heterocycles. The normalized spacial score (nSPS) is 10.9. The van der Waals surface area contributed by atoms with Crippen LogP contribution < -0.4 is 10.9 Å². The number of carbonyl (C=O) groups excluding carboxylic acids is 1. The second-order valence-corrected chi connectivity index (χ2v) is 5.05. The molecule has 5 heteroatoms. The third-order valence-electron chi connectivity index (χ3n) is 3.23. The third kappa shape index (κ3) is 4.15. The minimum absolute atomic E-state index is 0.161. The van der Waals surface area contributed by atoms with Crippen LogP contribution in [0.25, 0.3) is 6.08 Å². The number of pyridine rings is 1. The van der Waals surface area contributed by atoms with Gasteiger partial charge in [0.2, 0.25) is 5.91 Å². The summed E-state index contributed by atoms with van der Waals surface area (Å²) in [4.78, 5) is 26.3. The first-order valence-corrected chi connectivity index (χ1v) is 6.86. The van der Waals surface area contributed by atoms with E-state index in [4.69, 9.17) is 0 Å². The molecule has 2 rings (SSSR count).